The number of benzene rings is 3. The first kappa shape index (κ1) is 20.4. The molecule has 1 amide bonds. The van der Waals surface area contributed by atoms with Crippen LogP contribution in [0.25, 0.3) is 0 Å². The van der Waals surface area contributed by atoms with Gasteiger partial charge in [0.05, 0.1) is 0 Å². The molecule has 3 heteroatoms. The Kier molecular flexibility index (Phi) is 6.94. The van der Waals surface area contributed by atoms with E-state index in [0.717, 1.165) is 51.0 Å². The summed E-state index contributed by atoms with van der Waals surface area (Å²) < 4.78 is 0. The van der Waals surface area contributed by atoms with Gasteiger partial charge in [0.2, 0.25) is 0 Å². The topological polar surface area (TPSA) is 23.6 Å². The zero-order chi connectivity index (χ0) is 20.6. The average Bonchev–Trinajstić information content (AvgIpc) is 2.83. The molecule has 0 unspecified atom stereocenters. The number of hydrogen-bond donors (Lipinski definition) is 0. The number of hydrogen-bond acceptors (Lipinski definition) is 2. The summed E-state index contributed by atoms with van der Waals surface area (Å²) in [5, 5.41) is 0. The van der Waals surface area contributed by atoms with Gasteiger partial charge in [0.25, 0.3) is 5.91 Å². The van der Waals surface area contributed by atoms with Gasteiger partial charge in [-0.2, -0.15) is 0 Å². The molecule has 3 nitrogen and oxygen atoms in total. The molecule has 1 aliphatic heterocycles. The molecular weight excluding hydrogens is 368 g/mol. The molecule has 0 atom stereocenters. The molecule has 3 aromatic rings. The molecule has 0 aliphatic carbocycles. The lowest BCUT2D eigenvalue weighted by atomic mass is 10.00. The second kappa shape index (κ2) is 10.2. The molecule has 0 N–H and O–H groups in total. The van der Waals surface area contributed by atoms with E-state index < -0.39 is 0 Å². The monoisotopic (exact) mass is 398 g/mol. The highest BCUT2D eigenvalue weighted by molar-refractivity contribution is 5.94. The van der Waals surface area contributed by atoms with E-state index in [-0.39, 0.29) is 5.91 Å². The van der Waals surface area contributed by atoms with Gasteiger partial charge in [0.15, 0.2) is 0 Å². The van der Waals surface area contributed by atoms with Gasteiger partial charge in [-0.3, -0.25) is 9.69 Å². The third kappa shape index (κ3) is 5.37. The van der Waals surface area contributed by atoms with Crippen LogP contribution in [0.2, 0.25) is 0 Å². The van der Waals surface area contributed by atoms with Crippen molar-refractivity contribution in [2.24, 2.45) is 0 Å². The van der Waals surface area contributed by atoms with Crippen molar-refractivity contribution in [2.45, 2.75) is 31.8 Å². The maximum Gasteiger partial charge on any atom is 0.253 e. The Balaban J connectivity index is 1.40. The number of likely N-dealkylation sites (tertiary alicyclic amines) is 1. The quantitative estimate of drug-likeness (QED) is 0.557. The van der Waals surface area contributed by atoms with Crippen LogP contribution in [-0.2, 0) is 13.0 Å². The second-order valence-corrected chi connectivity index (χ2v) is 8.08. The average molecular weight is 399 g/mol. The fraction of sp³-hybridized carbons (Fsp3) is 0.296. The van der Waals surface area contributed by atoms with Gasteiger partial charge in [0.1, 0.15) is 0 Å². The summed E-state index contributed by atoms with van der Waals surface area (Å²) in [5.41, 5.74) is 3.53. The van der Waals surface area contributed by atoms with Crippen LogP contribution in [0.1, 0.15) is 34.3 Å². The van der Waals surface area contributed by atoms with Gasteiger partial charge in [0, 0.05) is 37.8 Å². The van der Waals surface area contributed by atoms with Crippen LogP contribution in [-0.4, -0.2) is 41.4 Å². The fourth-order valence-electron chi connectivity index (χ4n) is 4.32. The normalized spacial score (nSPS) is 14.8. The van der Waals surface area contributed by atoms with E-state index in [0.29, 0.717) is 6.04 Å². The lowest BCUT2D eigenvalue weighted by Gasteiger charge is -2.39. The summed E-state index contributed by atoms with van der Waals surface area (Å²) in [6, 6.07) is 31.6. The molecule has 0 spiro atoms. The fourth-order valence-corrected chi connectivity index (χ4v) is 4.32. The number of amides is 1. The van der Waals surface area contributed by atoms with E-state index in [1.165, 1.54) is 11.1 Å². The Morgan fingerprint density at radius 2 is 1.30 bits per heavy atom. The molecular formula is C27H30N2O. The third-order valence-corrected chi connectivity index (χ3v) is 6.05. The number of nitrogens with zero attached hydrogens (tertiary/aromatic N) is 2. The van der Waals surface area contributed by atoms with Crippen LogP contribution < -0.4 is 0 Å². The number of carbonyl (C=O) groups is 1. The summed E-state index contributed by atoms with van der Waals surface area (Å²) >= 11 is 0. The van der Waals surface area contributed by atoms with Crippen molar-refractivity contribution < 1.29 is 4.79 Å². The number of rotatable bonds is 7. The molecule has 0 aromatic heterocycles. The highest BCUT2D eigenvalue weighted by atomic mass is 16.2. The minimum atomic E-state index is 0.160. The molecule has 1 heterocycles. The SMILES string of the molecule is O=C(c1ccccc1)N1CCC(N(CCc2ccccc2)Cc2ccccc2)CC1. The lowest BCUT2D eigenvalue weighted by molar-refractivity contribution is 0.0609. The first-order valence-corrected chi connectivity index (χ1v) is 11.0. The molecule has 0 bridgehead atoms. The van der Waals surface area contributed by atoms with E-state index >= 15 is 0 Å². The zero-order valence-corrected chi connectivity index (χ0v) is 17.5. The van der Waals surface area contributed by atoms with Crippen LogP contribution >= 0.6 is 0 Å². The minimum Gasteiger partial charge on any atom is -0.339 e. The van der Waals surface area contributed by atoms with Crippen molar-refractivity contribution in [1.82, 2.24) is 9.80 Å². The van der Waals surface area contributed by atoms with Crippen molar-refractivity contribution in [3.05, 3.63) is 108 Å². The molecule has 1 saturated heterocycles. The van der Waals surface area contributed by atoms with E-state index in [2.05, 4.69) is 65.6 Å². The van der Waals surface area contributed by atoms with Gasteiger partial charge in [-0.25, -0.2) is 0 Å². The summed E-state index contributed by atoms with van der Waals surface area (Å²) in [6.45, 7) is 3.66. The van der Waals surface area contributed by atoms with Gasteiger partial charge in [-0.15, -0.1) is 0 Å². The Morgan fingerprint density at radius 1 is 0.767 bits per heavy atom. The molecule has 3 aromatic carbocycles. The minimum absolute atomic E-state index is 0.160. The van der Waals surface area contributed by atoms with Crippen molar-refractivity contribution in [3.63, 3.8) is 0 Å². The highest BCUT2D eigenvalue weighted by Gasteiger charge is 2.27. The third-order valence-electron chi connectivity index (χ3n) is 6.05. The summed E-state index contributed by atoms with van der Waals surface area (Å²) in [4.78, 5) is 17.4. The van der Waals surface area contributed by atoms with Crippen molar-refractivity contribution in [1.29, 1.82) is 0 Å². The number of carbonyl (C=O) groups excluding carboxylic acids is 1. The first-order chi connectivity index (χ1) is 14.8. The Labute approximate surface area is 180 Å². The summed E-state index contributed by atoms with van der Waals surface area (Å²) in [6.07, 6.45) is 3.11. The Bertz CT molecular complexity index is 903. The molecule has 1 aliphatic rings. The van der Waals surface area contributed by atoms with Crippen molar-refractivity contribution >= 4 is 5.91 Å². The van der Waals surface area contributed by atoms with Crippen molar-refractivity contribution in [2.75, 3.05) is 19.6 Å². The van der Waals surface area contributed by atoms with Crippen molar-refractivity contribution in [3.8, 4) is 0 Å². The first-order valence-electron chi connectivity index (χ1n) is 11.0. The lowest BCUT2D eigenvalue weighted by Crippen LogP contribution is -2.47. The molecule has 4 rings (SSSR count). The van der Waals surface area contributed by atoms with Crippen LogP contribution in [0.15, 0.2) is 91.0 Å². The molecule has 0 saturated carbocycles. The van der Waals surface area contributed by atoms with Gasteiger partial charge >= 0.3 is 0 Å². The molecule has 1 fully saturated rings. The standard InChI is InChI=1S/C27H30N2O/c30-27(25-14-8-3-9-15-25)28-20-17-26(18-21-28)29(22-24-12-6-2-7-13-24)19-16-23-10-4-1-5-11-23/h1-15,26H,16-22H2. The van der Waals surface area contributed by atoms with Gasteiger partial charge < -0.3 is 4.90 Å². The van der Waals surface area contributed by atoms with Crippen LogP contribution in [0.4, 0.5) is 0 Å². The Hall–Kier alpha value is -2.91. The summed E-state index contributed by atoms with van der Waals surface area (Å²) in [5.74, 6) is 0.160. The van der Waals surface area contributed by atoms with Crippen LogP contribution in [0, 0.1) is 0 Å². The van der Waals surface area contributed by atoms with Gasteiger partial charge in [-0.1, -0.05) is 78.9 Å². The zero-order valence-electron chi connectivity index (χ0n) is 17.5. The van der Waals surface area contributed by atoms with E-state index in [9.17, 15) is 4.79 Å². The molecule has 154 valence electrons. The predicted octanol–water partition coefficient (Wildman–Crippen LogP) is 5.04. The predicted molar refractivity (Wildman–Crippen MR) is 122 cm³/mol. The Morgan fingerprint density at radius 3 is 1.90 bits per heavy atom. The summed E-state index contributed by atoms with van der Waals surface area (Å²) in [7, 11) is 0. The molecule has 0 radical (unpaired) electrons. The van der Waals surface area contributed by atoms with Crippen LogP contribution in [0.5, 0.6) is 0 Å². The maximum atomic E-state index is 12.8. The van der Waals surface area contributed by atoms with E-state index in [1.54, 1.807) is 0 Å². The van der Waals surface area contributed by atoms with Gasteiger partial charge in [-0.05, 0) is 42.5 Å². The highest BCUT2D eigenvalue weighted by Crippen LogP contribution is 2.21. The molecule has 30 heavy (non-hydrogen) atoms. The largest absolute Gasteiger partial charge is 0.339 e. The van der Waals surface area contributed by atoms with Crippen LogP contribution in [0.3, 0.4) is 0 Å². The smallest absolute Gasteiger partial charge is 0.253 e. The van der Waals surface area contributed by atoms with E-state index in [1.807, 2.05) is 35.2 Å². The van der Waals surface area contributed by atoms with E-state index in [4.69, 9.17) is 0 Å². The maximum absolute atomic E-state index is 12.8. The number of piperidine rings is 1. The second-order valence-electron chi connectivity index (χ2n) is 8.08.